The first-order valence-corrected chi connectivity index (χ1v) is 9.86. The van der Waals surface area contributed by atoms with Crippen molar-refractivity contribution in [2.75, 3.05) is 0 Å². The van der Waals surface area contributed by atoms with E-state index in [1.54, 1.807) is 24.3 Å². The van der Waals surface area contributed by atoms with E-state index < -0.39 is 5.41 Å². The maximum atomic E-state index is 5.98. The Bertz CT molecular complexity index is 1140. The molecule has 0 spiro atoms. The van der Waals surface area contributed by atoms with Gasteiger partial charge in [-0.15, -0.1) is 0 Å². The average Bonchev–Trinajstić information content (AvgIpc) is 3.43. The summed E-state index contributed by atoms with van der Waals surface area (Å²) in [6, 6.07) is 7.72. The Balaban J connectivity index is 2.06. The first-order valence-electron chi connectivity index (χ1n) is 9.86. The molecule has 0 fully saturated rings. The predicted octanol–water partition coefficient (Wildman–Crippen LogP) is 6.39. The molecule has 31 heavy (non-hydrogen) atoms. The normalized spacial score (nSPS) is 11.0. The quantitative estimate of drug-likeness (QED) is 0.552. The van der Waals surface area contributed by atoms with Gasteiger partial charge in [0.1, 0.15) is 23.0 Å². The van der Waals surface area contributed by atoms with Gasteiger partial charge in [0.25, 0.3) is 0 Å². The Labute approximate surface area is 185 Å². The minimum atomic E-state index is -0.425. The van der Waals surface area contributed by atoms with Crippen LogP contribution in [0.25, 0.3) is 12.2 Å². The molecule has 152 valence electrons. The van der Waals surface area contributed by atoms with E-state index in [1.807, 2.05) is 62.4 Å². The lowest BCUT2D eigenvalue weighted by atomic mass is 9.87. The summed E-state index contributed by atoms with van der Waals surface area (Å²) in [6.45, 7) is 7.94. The molecular formula is C29H24O2. The van der Waals surface area contributed by atoms with Crippen LogP contribution < -0.4 is 0 Å². The van der Waals surface area contributed by atoms with Crippen molar-refractivity contribution >= 4 is 12.2 Å². The zero-order chi connectivity index (χ0) is 22.4. The lowest BCUT2D eigenvalue weighted by Crippen LogP contribution is -2.16. The van der Waals surface area contributed by atoms with Gasteiger partial charge >= 0.3 is 0 Å². The minimum Gasteiger partial charge on any atom is -0.461 e. The van der Waals surface area contributed by atoms with Gasteiger partial charge in [-0.1, -0.05) is 35.8 Å². The molecule has 0 aliphatic carbocycles. The van der Waals surface area contributed by atoms with Gasteiger partial charge in [-0.3, -0.25) is 0 Å². The summed E-state index contributed by atoms with van der Waals surface area (Å²) < 4.78 is 12.0. The summed E-state index contributed by atoms with van der Waals surface area (Å²) in [4.78, 5) is 0. The molecule has 0 radical (unpaired) electrons. The molecule has 0 aliphatic heterocycles. The van der Waals surface area contributed by atoms with E-state index >= 15 is 0 Å². The second-order valence-electron chi connectivity index (χ2n) is 6.77. The van der Waals surface area contributed by atoms with E-state index in [0.29, 0.717) is 0 Å². The maximum Gasteiger partial charge on any atom is 0.127 e. The molecule has 2 heteroatoms. The van der Waals surface area contributed by atoms with Crippen LogP contribution in [0.2, 0.25) is 0 Å². The molecule has 0 N–H and O–H groups in total. The van der Waals surface area contributed by atoms with Gasteiger partial charge in [0.05, 0.1) is 5.41 Å². The van der Waals surface area contributed by atoms with Gasteiger partial charge in [0, 0.05) is 0 Å². The van der Waals surface area contributed by atoms with Gasteiger partial charge in [-0.2, -0.15) is 0 Å². The molecule has 0 unspecified atom stereocenters. The lowest BCUT2D eigenvalue weighted by Gasteiger charge is -2.19. The van der Waals surface area contributed by atoms with Crippen LogP contribution in [0.5, 0.6) is 0 Å². The van der Waals surface area contributed by atoms with Crippen LogP contribution >= 0.6 is 0 Å². The van der Waals surface area contributed by atoms with E-state index in [4.69, 9.17) is 8.83 Å². The Morgan fingerprint density at radius 3 is 1.39 bits per heavy atom. The highest BCUT2D eigenvalue weighted by molar-refractivity contribution is 5.51. The molecule has 0 aliphatic rings. The van der Waals surface area contributed by atoms with E-state index in [-0.39, 0.29) is 0 Å². The van der Waals surface area contributed by atoms with Gasteiger partial charge in [0.2, 0.25) is 0 Å². The Morgan fingerprint density at radius 2 is 1.00 bits per heavy atom. The summed E-state index contributed by atoms with van der Waals surface area (Å²) in [5, 5.41) is 0. The molecule has 0 aromatic carbocycles. The average molecular weight is 405 g/mol. The molecule has 0 saturated heterocycles. The van der Waals surface area contributed by atoms with E-state index in [1.165, 1.54) is 0 Å². The van der Waals surface area contributed by atoms with Crippen molar-refractivity contribution in [2.45, 2.75) is 33.1 Å². The van der Waals surface area contributed by atoms with Crippen molar-refractivity contribution in [3.63, 3.8) is 0 Å². The third-order valence-electron chi connectivity index (χ3n) is 4.06. The predicted molar refractivity (Wildman–Crippen MR) is 128 cm³/mol. The van der Waals surface area contributed by atoms with Crippen LogP contribution in [0.1, 0.15) is 50.7 Å². The molecule has 2 nitrogen and oxygen atoms in total. The number of hydrogen-bond donors (Lipinski definition) is 0. The van der Waals surface area contributed by atoms with E-state index in [9.17, 15) is 0 Å². The zero-order valence-corrected chi connectivity index (χ0v) is 18.2. The van der Waals surface area contributed by atoms with Crippen LogP contribution in [-0.4, -0.2) is 0 Å². The first kappa shape index (κ1) is 23.0. The lowest BCUT2D eigenvalue weighted by molar-refractivity contribution is 0.360. The van der Waals surface area contributed by atoms with Gasteiger partial charge in [0.15, 0.2) is 0 Å². The maximum absolute atomic E-state index is 5.98. The summed E-state index contributed by atoms with van der Waals surface area (Å²) >= 11 is 0. The molecule has 0 amide bonds. The first-order chi connectivity index (χ1) is 15.1. The number of allylic oxidation sites excluding steroid dienone is 6. The monoisotopic (exact) mass is 404 g/mol. The number of rotatable bonds is 4. The zero-order valence-electron chi connectivity index (χ0n) is 18.2. The molecule has 2 aromatic heterocycles. The fraction of sp³-hybridized carbons (Fsp3) is 0.172. The molecule has 0 atom stereocenters. The van der Waals surface area contributed by atoms with Crippen molar-refractivity contribution in [3.8, 4) is 47.4 Å². The Kier molecular flexibility index (Phi) is 9.18. The molecular weight excluding hydrogens is 380 g/mol. The number of furan rings is 2. The SMILES string of the molecule is C/C=C/C#CC#C/C=C/c1ccc(C(C)(C)c2ccc(/C=C/C#CC#C/C=C/C)o2)o1. The highest BCUT2D eigenvalue weighted by Gasteiger charge is 2.30. The fourth-order valence-corrected chi connectivity index (χ4v) is 2.40. The molecule has 2 heterocycles. The Morgan fingerprint density at radius 1 is 0.613 bits per heavy atom. The minimum absolute atomic E-state index is 0.425. The number of hydrogen-bond acceptors (Lipinski definition) is 2. The third-order valence-corrected chi connectivity index (χ3v) is 4.06. The van der Waals surface area contributed by atoms with Crippen LogP contribution in [0.4, 0.5) is 0 Å². The van der Waals surface area contributed by atoms with Crippen molar-refractivity contribution in [2.24, 2.45) is 0 Å². The third kappa shape index (κ3) is 7.59. The molecule has 0 bridgehead atoms. The van der Waals surface area contributed by atoms with Gasteiger partial charge in [-0.25, -0.2) is 0 Å². The van der Waals surface area contributed by atoms with Crippen molar-refractivity contribution in [3.05, 3.63) is 83.8 Å². The molecule has 2 aromatic rings. The van der Waals surface area contributed by atoms with Crippen LogP contribution in [-0.2, 0) is 5.41 Å². The van der Waals surface area contributed by atoms with Gasteiger partial charge < -0.3 is 8.83 Å². The van der Waals surface area contributed by atoms with Gasteiger partial charge in [-0.05, 0) is 112 Å². The fourth-order valence-electron chi connectivity index (χ4n) is 2.40. The van der Waals surface area contributed by atoms with Crippen molar-refractivity contribution < 1.29 is 8.83 Å². The van der Waals surface area contributed by atoms with Crippen molar-refractivity contribution in [1.29, 1.82) is 0 Å². The summed E-state index contributed by atoms with van der Waals surface area (Å²) in [5.41, 5.74) is -0.425. The second-order valence-corrected chi connectivity index (χ2v) is 6.77. The molecule has 0 saturated carbocycles. The highest BCUT2D eigenvalue weighted by atomic mass is 16.4. The van der Waals surface area contributed by atoms with E-state index in [0.717, 1.165) is 23.0 Å². The molecule has 2 rings (SSSR count). The van der Waals surface area contributed by atoms with Crippen molar-refractivity contribution in [1.82, 2.24) is 0 Å². The summed E-state index contributed by atoms with van der Waals surface area (Å²) in [6.07, 6.45) is 14.3. The van der Waals surface area contributed by atoms with Crippen LogP contribution in [0.15, 0.2) is 69.6 Å². The largest absolute Gasteiger partial charge is 0.461 e. The summed E-state index contributed by atoms with van der Waals surface area (Å²) in [7, 11) is 0. The van der Waals surface area contributed by atoms with Crippen LogP contribution in [0.3, 0.4) is 0 Å². The van der Waals surface area contributed by atoms with Crippen LogP contribution in [0, 0.1) is 47.4 Å². The standard InChI is InChI=1S/C29H24O2/c1-5-7-9-11-13-15-17-19-25-21-23-27(30-25)29(3,4)28-24-22-26(31-28)20-18-16-14-12-10-8-6-2/h5-8,17-24H,1-4H3/b7-5+,8-6+,19-17+,20-18+. The Hall–Kier alpha value is -4.24. The van der Waals surface area contributed by atoms with E-state index in [2.05, 4.69) is 61.2 Å². The summed E-state index contributed by atoms with van der Waals surface area (Å²) in [5.74, 6) is 25.4. The topological polar surface area (TPSA) is 26.3 Å². The smallest absolute Gasteiger partial charge is 0.127 e. The second kappa shape index (κ2) is 12.3. The highest BCUT2D eigenvalue weighted by Crippen LogP contribution is 2.34.